The molecule has 0 unspecified atom stereocenters. The van der Waals surface area contributed by atoms with Gasteiger partial charge in [0.1, 0.15) is 0 Å². The minimum absolute atomic E-state index is 0.0492. The molecule has 8 heteroatoms. The lowest BCUT2D eigenvalue weighted by Gasteiger charge is -2.29. The van der Waals surface area contributed by atoms with Crippen molar-refractivity contribution in [2.24, 2.45) is 0 Å². The van der Waals surface area contributed by atoms with Gasteiger partial charge in [-0.2, -0.15) is 0 Å². The van der Waals surface area contributed by atoms with Gasteiger partial charge in [-0.05, 0) is 54.5 Å². The zero-order valence-corrected chi connectivity index (χ0v) is 17.3. The summed E-state index contributed by atoms with van der Waals surface area (Å²) in [5.74, 6) is -2.36. The zero-order chi connectivity index (χ0) is 23.3. The number of piperidine rings is 1. The van der Waals surface area contributed by atoms with E-state index < -0.39 is 18.0 Å². The van der Waals surface area contributed by atoms with Crippen molar-refractivity contribution in [3.05, 3.63) is 81.9 Å². The number of benzene rings is 2. The second-order valence-electron chi connectivity index (χ2n) is 7.08. The summed E-state index contributed by atoms with van der Waals surface area (Å²) >= 11 is 0. The fraction of sp³-hybridized carbons (Fsp3) is 0.167. The summed E-state index contributed by atoms with van der Waals surface area (Å²) < 4.78 is 5.09. The molecule has 1 aliphatic heterocycles. The first-order valence-electron chi connectivity index (χ1n) is 9.82. The molecule has 8 nitrogen and oxygen atoms in total. The molecule has 3 rings (SSSR count). The molecule has 1 aliphatic rings. The number of hydrogen-bond acceptors (Lipinski definition) is 5. The van der Waals surface area contributed by atoms with Crippen LogP contribution in [-0.2, 0) is 9.53 Å². The summed E-state index contributed by atoms with van der Waals surface area (Å²) in [6.07, 6.45) is 2.67. The van der Waals surface area contributed by atoms with E-state index in [0.29, 0.717) is 22.3 Å². The van der Waals surface area contributed by atoms with Gasteiger partial charge in [-0.3, -0.25) is 9.69 Å². The minimum Gasteiger partial charge on any atom is -0.478 e. The molecule has 0 aliphatic carbocycles. The number of carboxylic acids is 2. The Bertz CT molecular complexity index is 1030. The van der Waals surface area contributed by atoms with Gasteiger partial charge in [0, 0.05) is 11.1 Å². The van der Waals surface area contributed by atoms with E-state index in [9.17, 15) is 19.2 Å². The predicted octanol–water partition coefficient (Wildman–Crippen LogP) is 3.59. The number of hydrogen-bond donors (Lipinski definition) is 2. The predicted molar refractivity (Wildman–Crippen MR) is 116 cm³/mol. The quantitative estimate of drug-likeness (QED) is 0.689. The van der Waals surface area contributed by atoms with Crippen LogP contribution in [0.1, 0.15) is 38.8 Å². The van der Waals surface area contributed by atoms with E-state index in [0.717, 1.165) is 0 Å². The third-order valence-corrected chi connectivity index (χ3v) is 4.83. The van der Waals surface area contributed by atoms with Crippen LogP contribution in [0.5, 0.6) is 0 Å². The first kappa shape index (κ1) is 22.5. The number of carbonyl (C=O) groups excluding carboxylic acids is 2. The molecular weight excluding hydrogens is 414 g/mol. The Balaban J connectivity index is 1.95. The number of carbonyl (C=O) groups is 4. The molecule has 164 valence electrons. The van der Waals surface area contributed by atoms with E-state index in [4.69, 9.17) is 14.9 Å². The summed E-state index contributed by atoms with van der Waals surface area (Å²) in [5.41, 5.74) is 2.19. The molecule has 0 spiro atoms. The number of nitrogens with zero attached hydrogens (tertiary/aromatic N) is 1. The number of amides is 1. The SMILES string of the molecule is CCOC(=O)N1C/C(=C/c2ccc(C(=O)O)cc2)C(=O)/C(=C/c2ccc(C(=O)O)cc2)C1. The van der Waals surface area contributed by atoms with Crippen molar-refractivity contribution in [3.63, 3.8) is 0 Å². The van der Waals surface area contributed by atoms with Gasteiger partial charge in [0.2, 0.25) is 0 Å². The zero-order valence-electron chi connectivity index (χ0n) is 17.3. The van der Waals surface area contributed by atoms with E-state index in [1.807, 2.05) is 0 Å². The average molecular weight is 435 g/mol. The van der Waals surface area contributed by atoms with Crippen molar-refractivity contribution in [2.75, 3.05) is 19.7 Å². The van der Waals surface area contributed by atoms with E-state index in [1.165, 1.54) is 29.2 Å². The Morgan fingerprint density at radius 2 is 1.25 bits per heavy atom. The van der Waals surface area contributed by atoms with E-state index >= 15 is 0 Å². The molecule has 32 heavy (non-hydrogen) atoms. The van der Waals surface area contributed by atoms with E-state index in [2.05, 4.69) is 0 Å². The average Bonchev–Trinajstić information content (AvgIpc) is 2.77. The highest BCUT2D eigenvalue weighted by Gasteiger charge is 2.29. The molecule has 2 aromatic carbocycles. The lowest BCUT2D eigenvalue weighted by atomic mass is 9.94. The lowest BCUT2D eigenvalue weighted by Crippen LogP contribution is -2.41. The van der Waals surface area contributed by atoms with E-state index in [-0.39, 0.29) is 36.6 Å². The Hall–Kier alpha value is -4.20. The van der Waals surface area contributed by atoms with Crippen LogP contribution in [0.4, 0.5) is 4.79 Å². The molecule has 0 saturated carbocycles. The van der Waals surface area contributed by atoms with Gasteiger partial charge in [0.25, 0.3) is 0 Å². The van der Waals surface area contributed by atoms with Gasteiger partial charge in [0.15, 0.2) is 5.78 Å². The molecule has 0 atom stereocenters. The van der Waals surface area contributed by atoms with Crippen molar-refractivity contribution < 1.29 is 34.1 Å². The largest absolute Gasteiger partial charge is 0.478 e. The highest BCUT2D eigenvalue weighted by atomic mass is 16.6. The summed E-state index contributed by atoms with van der Waals surface area (Å²) in [7, 11) is 0. The molecule has 0 radical (unpaired) electrons. The van der Waals surface area contributed by atoms with Gasteiger partial charge < -0.3 is 14.9 Å². The minimum atomic E-state index is -1.05. The first-order chi connectivity index (χ1) is 15.3. The van der Waals surface area contributed by atoms with Crippen molar-refractivity contribution >= 4 is 36.0 Å². The van der Waals surface area contributed by atoms with Gasteiger partial charge in [0.05, 0.1) is 30.8 Å². The van der Waals surface area contributed by atoms with Crippen molar-refractivity contribution in [1.82, 2.24) is 4.90 Å². The second kappa shape index (κ2) is 9.74. The van der Waals surface area contributed by atoms with Crippen LogP contribution in [0.15, 0.2) is 59.7 Å². The fourth-order valence-corrected chi connectivity index (χ4v) is 3.23. The molecule has 1 saturated heterocycles. The molecule has 1 heterocycles. The second-order valence-corrected chi connectivity index (χ2v) is 7.08. The Morgan fingerprint density at radius 3 is 1.59 bits per heavy atom. The highest BCUT2D eigenvalue weighted by molar-refractivity contribution is 6.15. The number of Topliss-reactive ketones (excluding diaryl/α,β-unsaturated/α-hetero) is 1. The topological polar surface area (TPSA) is 121 Å². The van der Waals surface area contributed by atoms with Crippen LogP contribution >= 0.6 is 0 Å². The summed E-state index contributed by atoms with van der Waals surface area (Å²) in [5, 5.41) is 18.1. The Kier molecular flexibility index (Phi) is 6.84. The number of rotatable bonds is 5. The van der Waals surface area contributed by atoms with Crippen LogP contribution in [0.3, 0.4) is 0 Å². The fourth-order valence-electron chi connectivity index (χ4n) is 3.23. The summed E-state index contributed by atoms with van der Waals surface area (Å²) in [6.45, 7) is 1.98. The molecule has 1 fully saturated rings. The first-order valence-corrected chi connectivity index (χ1v) is 9.82. The highest BCUT2D eigenvalue weighted by Crippen LogP contribution is 2.23. The third kappa shape index (κ3) is 5.28. The molecule has 0 bridgehead atoms. The molecule has 0 aromatic heterocycles. The number of aromatic carboxylic acids is 2. The number of likely N-dealkylation sites (tertiary alicyclic amines) is 1. The molecule has 2 N–H and O–H groups in total. The standard InChI is InChI=1S/C24H21NO7/c1-2-32-24(31)25-13-19(11-15-3-7-17(8-4-15)22(27)28)21(26)20(14-25)12-16-5-9-18(10-6-16)23(29)30/h3-12H,2,13-14H2,1H3,(H,27,28)(H,29,30)/b19-11-,20-12+. The van der Waals surface area contributed by atoms with Crippen LogP contribution in [0.2, 0.25) is 0 Å². The monoisotopic (exact) mass is 435 g/mol. The molecular formula is C24H21NO7. The maximum Gasteiger partial charge on any atom is 0.410 e. The van der Waals surface area contributed by atoms with Crippen molar-refractivity contribution in [1.29, 1.82) is 0 Å². The van der Waals surface area contributed by atoms with Crippen LogP contribution in [0, 0.1) is 0 Å². The molecule has 1 amide bonds. The summed E-state index contributed by atoms with van der Waals surface area (Å²) in [4.78, 5) is 48.9. The number of ether oxygens (including phenoxy) is 1. The Labute approximate surface area is 184 Å². The Morgan fingerprint density at radius 1 is 0.844 bits per heavy atom. The van der Waals surface area contributed by atoms with Gasteiger partial charge >= 0.3 is 18.0 Å². The number of carboxylic acid groups (broad SMARTS) is 2. The summed E-state index contributed by atoms with van der Waals surface area (Å²) in [6, 6.07) is 12.1. The van der Waals surface area contributed by atoms with Crippen molar-refractivity contribution in [2.45, 2.75) is 6.92 Å². The van der Waals surface area contributed by atoms with Crippen LogP contribution in [-0.4, -0.2) is 58.6 Å². The van der Waals surface area contributed by atoms with E-state index in [1.54, 1.807) is 43.3 Å². The number of ketones is 1. The molecule has 2 aromatic rings. The smallest absolute Gasteiger partial charge is 0.410 e. The van der Waals surface area contributed by atoms with Crippen molar-refractivity contribution in [3.8, 4) is 0 Å². The maximum atomic E-state index is 13.1. The van der Waals surface area contributed by atoms with Gasteiger partial charge in [-0.25, -0.2) is 14.4 Å². The van der Waals surface area contributed by atoms with Gasteiger partial charge in [-0.1, -0.05) is 24.3 Å². The lowest BCUT2D eigenvalue weighted by molar-refractivity contribution is -0.113. The maximum absolute atomic E-state index is 13.1. The van der Waals surface area contributed by atoms with Crippen LogP contribution < -0.4 is 0 Å². The normalized spacial score (nSPS) is 16.3. The van der Waals surface area contributed by atoms with Gasteiger partial charge in [-0.15, -0.1) is 0 Å². The third-order valence-electron chi connectivity index (χ3n) is 4.83. The van der Waals surface area contributed by atoms with Crippen LogP contribution in [0.25, 0.3) is 12.2 Å².